The number of benzene rings is 1. The van der Waals surface area contributed by atoms with Crippen LogP contribution in [0, 0.1) is 0 Å². The molecule has 0 bridgehead atoms. The summed E-state index contributed by atoms with van der Waals surface area (Å²) in [6, 6.07) is 3.95. The second-order valence-electron chi connectivity index (χ2n) is 4.11. The van der Waals surface area contributed by atoms with Gasteiger partial charge in [-0.1, -0.05) is 25.4 Å². The molecule has 3 N–H and O–H groups in total. The highest BCUT2D eigenvalue weighted by molar-refractivity contribution is 6.31. The van der Waals surface area contributed by atoms with Crippen LogP contribution in [0.25, 0.3) is 0 Å². The summed E-state index contributed by atoms with van der Waals surface area (Å²) in [4.78, 5) is 22.8. The SMILES string of the molecule is CCC(CC)NC(=O)Nc1ccc(Cl)cc1C(=O)O. The fourth-order valence-corrected chi connectivity index (χ4v) is 1.81. The Balaban J connectivity index is 2.82. The molecule has 0 saturated heterocycles. The van der Waals surface area contributed by atoms with Gasteiger partial charge in [0.2, 0.25) is 0 Å². The third-order valence-electron chi connectivity index (χ3n) is 2.78. The number of carbonyl (C=O) groups is 2. The van der Waals surface area contributed by atoms with Crippen LogP contribution in [0.5, 0.6) is 0 Å². The Hall–Kier alpha value is -1.75. The molecule has 0 aliphatic carbocycles. The van der Waals surface area contributed by atoms with E-state index in [0.29, 0.717) is 5.02 Å². The molecule has 0 fully saturated rings. The maximum atomic E-state index is 11.8. The monoisotopic (exact) mass is 284 g/mol. The van der Waals surface area contributed by atoms with Crippen LogP contribution in [0.4, 0.5) is 10.5 Å². The van der Waals surface area contributed by atoms with Crippen molar-refractivity contribution in [3.63, 3.8) is 0 Å². The maximum absolute atomic E-state index is 11.8. The molecule has 0 spiro atoms. The molecule has 1 aromatic carbocycles. The number of hydrogen-bond donors (Lipinski definition) is 3. The number of rotatable bonds is 5. The smallest absolute Gasteiger partial charge is 0.337 e. The fourth-order valence-electron chi connectivity index (χ4n) is 1.64. The second-order valence-corrected chi connectivity index (χ2v) is 4.54. The summed E-state index contributed by atoms with van der Waals surface area (Å²) in [5.41, 5.74) is 0.188. The van der Waals surface area contributed by atoms with Gasteiger partial charge in [-0.05, 0) is 31.0 Å². The Morgan fingerprint density at radius 2 is 1.95 bits per heavy atom. The van der Waals surface area contributed by atoms with Gasteiger partial charge in [0.1, 0.15) is 0 Å². The van der Waals surface area contributed by atoms with E-state index in [1.807, 2.05) is 13.8 Å². The van der Waals surface area contributed by atoms with Gasteiger partial charge in [-0.15, -0.1) is 0 Å². The molecule has 0 saturated carbocycles. The van der Waals surface area contributed by atoms with Gasteiger partial charge in [0.15, 0.2) is 0 Å². The first kappa shape index (κ1) is 15.3. The molecular formula is C13H17ClN2O3. The minimum absolute atomic E-state index is 0.0350. The van der Waals surface area contributed by atoms with Gasteiger partial charge in [0.25, 0.3) is 0 Å². The number of carboxylic acids is 1. The molecule has 0 aromatic heterocycles. The summed E-state index contributed by atoms with van der Waals surface area (Å²) in [7, 11) is 0. The zero-order valence-corrected chi connectivity index (χ0v) is 11.6. The first-order valence-corrected chi connectivity index (χ1v) is 6.46. The van der Waals surface area contributed by atoms with Crippen LogP contribution in [0.3, 0.4) is 0 Å². The average Bonchev–Trinajstić information content (AvgIpc) is 2.37. The molecule has 0 radical (unpaired) electrons. The van der Waals surface area contributed by atoms with E-state index in [2.05, 4.69) is 10.6 Å². The summed E-state index contributed by atoms with van der Waals surface area (Å²) < 4.78 is 0. The van der Waals surface area contributed by atoms with Crippen molar-refractivity contribution in [3.8, 4) is 0 Å². The molecule has 2 amide bonds. The van der Waals surface area contributed by atoms with E-state index in [4.69, 9.17) is 16.7 Å². The molecule has 1 aromatic rings. The van der Waals surface area contributed by atoms with Gasteiger partial charge in [-0.2, -0.15) is 0 Å². The van der Waals surface area contributed by atoms with Gasteiger partial charge in [-0.3, -0.25) is 0 Å². The van der Waals surface area contributed by atoms with Crippen LogP contribution >= 0.6 is 11.6 Å². The lowest BCUT2D eigenvalue weighted by atomic mass is 10.1. The Morgan fingerprint density at radius 1 is 1.32 bits per heavy atom. The van der Waals surface area contributed by atoms with E-state index in [-0.39, 0.29) is 17.3 Å². The summed E-state index contributed by atoms with van der Waals surface area (Å²) in [6.07, 6.45) is 1.63. The number of amides is 2. The van der Waals surface area contributed by atoms with Crippen LogP contribution in [-0.4, -0.2) is 23.1 Å². The van der Waals surface area contributed by atoms with Crippen molar-refractivity contribution in [1.82, 2.24) is 5.32 Å². The maximum Gasteiger partial charge on any atom is 0.337 e. The third kappa shape index (κ3) is 4.44. The third-order valence-corrected chi connectivity index (χ3v) is 3.02. The number of halogens is 1. The van der Waals surface area contributed by atoms with E-state index in [1.165, 1.54) is 18.2 Å². The Bertz CT molecular complexity index is 473. The number of hydrogen-bond acceptors (Lipinski definition) is 2. The predicted octanol–water partition coefficient (Wildman–Crippen LogP) is 3.35. The van der Waals surface area contributed by atoms with E-state index in [1.54, 1.807) is 0 Å². The van der Waals surface area contributed by atoms with Gasteiger partial charge in [0, 0.05) is 11.1 Å². The second kappa shape index (κ2) is 6.99. The number of anilines is 1. The van der Waals surface area contributed by atoms with Gasteiger partial charge >= 0.3 is 12.0 Å². The first-order chi connectivity index (χ1) is 8.97. The summed E-state index contributed by atoms with van der Waals surface area (Å²) >= 11 is 5.74. The topological polar surface area (TPSA) is 78.4 Å². The zero-order valence-electron chi connectivity index (χ0n) is 10.9. The summed E-state index contributed by atoms with van der Waals surface area (Å²) in [5.74, 6) is -1.14. The lowest BCUT2D eigenvalue weighted by Crippen LogP contribution is -2.37. The Labute approximate surface area is 117 Å². The van der Waals surface area contributed by atoms with Crippen LogP contribution in [-0.2, 0) is 0 Å². The Morgan fingerprint density at radius 3 is 2.47 bits per heavy atom. The first-order valence-electron chi connectivity index (χ1n) is 6.08. The van der Waals surface area contributed by atoms with E-state index in [0.717, 1.165) is 12.8 Å². The Kier molecular flexibility index (Phi) is 5.63. The van der Waals surface area contributed by atoms with Crippen LogP contribution < -0.4 is 10.6 Å². The van der Waals surface area contributed by atoms with Crippen molar-refractivity contribution in [2.24, 2.45) is 0 Å². The number of urea groups is 1. The fraction of sp³-hybridized carbons (Fsp3) is 0.385. The van der Waals surface area contributed by atoms with Gasteiger partial charge in [0.05, 0.1) is 11.3 Å². The molecule has 0 unspecified atom stereocenters. The quantitative estimate of drug-likeness (QED) is 0.776. The molecule has 1 rings (SSSR count). The van der Waals surface area contributed by atoms with Crippen molar-refractivity contribution in [3.05, 3.63) is 28.8 Å². The average molecular weight is 285 g/mol. The van der Waals surface area contributed by atoms with E-state index >= 15 is 0 Å². The van der Waals surface area contributed by atoms with Crippen LogP contribution in [0.2, 0.25) is 5.02 Å². The highest BCUT2D eigenvalue weighted by atomic mass is 35.5. The summed E-state index contributed by atoms with van der Waals surface area (Å²) in [6.45, 7) is 3.94. The van der Waals surface area contributed by atoms with Crippen LogP contribution in [0.15, 0.2) is 18.2 Å². The number of nitrogens with one attached hydrogen (secondary N) is 2. The van der Waals surface area contributed by atoms with Crippen molar-refractivity contribution in [2.75, 3.05) is 5.32 Å². The lowest BCUT2D eigenvalue weighted by Gasteiger charge is -2.16. The van der Waals surface area contributed by atoms with E-state index in [9.17, 15) is 9.59 Å². The molecule has 0 heterocycles. The predicted molar refractivity (Wildman–Crippen MR) is 74.9 cm³/mol. The van der Waals surface area contributed by atoms with Crippen molar-refractivity contribution < 1.29 is 14.7 Å². The lowest BCUT2D eigenvalue weighted by molar-refractivity contribution is 0.0698. The largest absolute Gasteiger partial charge is 0.478 e. The molecule has 0 aliphatic heterocycles. The van der Waals surface area contributed by atoms with Crippen molar-refractivity contribution >= 4 is 29.3 Å². The normalized spacial score (nSPS) is 10.3. The molecule has 0 aliphatic rings. The molecule has 6 heteroatoms. The molecule has 5 nitrogen and oxygen atoms in total. The highest BCUT2D eigenvalue weighted by Gasteiger charge is 2.14. The zero-order chi connectivity index (χ0) is 14.4. The number of carboxylic acid groups (broad SMARTS) is 1. The van der Waals surface area contributed by atoms with Gasteiger partial charge in [-0.25, -0.2) is 9.59 Å². The minimum Gasteiger partial charge on any atom is -0.478 e. The van der Waals surface area contributed by atoms with E-state index < -0.39 is 12.0 Å². The summed E-state index contributed by atoms with van der Waals surface area (Å²) in [5, 5.41) is 14.7. The number of aromatic carboxylic acids is 1. The molecule has 104 valence electrons. The minimum atomic E-state index is -1.14. The van der Waals surface area contributed by atoms with Crippen LogP contribution in [0.1, 0.15) is 37.0 Å². The van der Waals surface area contributed by atoms with Gasteiger partial charge < -0.3 is 15.7 Å². The molecule has 19 heavy (non-hydrogen) atoms. The molecule has 0 atom stereocenters. The van der Waals surface area contributed by atoms with Crippen molar-refractivity contribution in [1.29, 1.82) is 0 Å². The highest BCUT2D eigenvalue weighted by Crippen LogP contribution is 2.20. The number of carbonyl (C=O) groups excluding carboxylic acids is 1. The molecular weight excluding hydrogens is 268 g/mol. The standard InChI is InChI=1S/C13H17ClN2O3/c1-3-9(4-2)15-13(19)16-11-6-5-8(14)7-10(11)12(17)18/h5-7,9H,3-4H2,1-2H3,(H,17,18)(H2,15,16,19). The van der Waals surface area contributed by atoms with Crippen molar-refractivity contribution in [2.45, 2.75) is 32.7 Å².